The molecular weight excluding hydrogens is 218 g/mol. The number of rotatable bonds is 2. The summed E-state index contributed by atoms with van der Waals surface area (Å²) in [5.74, 6) is -0.363. The lowest BCUT2D eigenvalue weighted by atomic mass is 9.84. The summed E-state index contributed by atoms with van der Waals surface area (Å²) in [6.45, 7) is 10.7. The normalized spacial score (nSPS) is 12.6. The lowest BCUT2D eigenvalue weighted by molar-refractivity contribution is 0.0817. The average molecular weight is 237 g/mol. The zero-order valence-electron chi connectivity index (χ0n) is 11.2. The lowest BCUT2D eigenvalue weighted by Gasteiger charge is -2.18. The topological polar surface area (TPSA) is 75.7 Å². The molecule has 5 nitrogen and oxygen atoms in total. The number of carbonyl (C=O) groups excluding carboxylic acids is 2. The first-order valence-electron chi connectivity index (χ1n) is 5.55. The summed E-state index contributed by atoms with van der Waals surface area (Å²) in [7, 11) is 0. The third kappa shape index (κ3) is 2.78. The van der Waals surface area contributed by atoms with Gasteiger partial charge in [-0.25, -0.2) is 0 Å². The highest BCUT2D eigenvalue weighted by molar-refractivity contribution is 6.09. The number of ketones is 2. The summed E-state index contributed by atoms with van der Waals surface area (Å²) >= 11 is 0. The molecule has 0 aliphatic rings. The van der Waals surface area contributed by atoms with E-state index in [0.29, 0.717) is 0 Å². The molecule has 0 fully saturated rings. The number of nitrogens with zero attached hydrogens (tertiary/aromatic N) is 2. The summed E-state index contributed by atoms with van der Waals surface area (Å²) in [6, 6.07) is 0. The van der Waals surface area contributed by atoms with Crippen LogP contribution in [0.15, 0.2) is 0 Å². The summed E-state index contributed by atoms with van der Waals surface area (Å²) in [4.78, 5) is 24.2. The van der Waals surface area contributed by atoms with Crippen molar-refractivity contribution in [1.29, 1.82) is 0 Å². The van der Waals surface area contributed by atoms with Gasteiger partial charge in [0.05, 0.1) is 0 Å². The first-order valence-corrected chi connectivity index (χ1v) is 5.55. The monoisotopic (exact) mass is 237 g/mol. The molecule has 0 spiro atoms. The van der Waals surface area contributed by atoms with Crippen LogP contribution in [-0.4, -0.2) is 27.0 Å². The third-order valence-corrected chi connectivity index (χ3v) is 2.34. The lowest BCUT2D eigenvalue weighted by Crippen LogP contribution is -2.27. The van der Waals surface area contributed by atoms with E-state index in [-0.39, 0.29) is 23.0 Å². The number of carbonyl (C=O) groups is 2. The van der Waals surface area contributed by atoms with Crippen LogP contribution in [0.25, 0.3) is 0 Å². The fourth-order valence-electron chi connectivity index (χ4n) is 1.26. The maximum Gasteiger partial charge on any atom is 0.190 e. The van der Waals surface area contributed by atoms with Gasteiger partial charge in [0.1, 0.15) is 0 Å². The van der Waals surface area contributed by atoms with Crippen molar-refractivity contribution in [3.05, 3.63) is 11.4 Å². The first-order chi connectivity index (χ1) is 7.55. The van der Waals surface area contributed by atoms with Crippen LogP contribution in [0.5, 0.6) is 0 Å². The molecule has 0 unspecified atom stereocenters. The summed E-state index contributed by atoms with van der Waals surface area (Å²) in [5, 5.41) is 9.98. The Balaban J connectivity index is 3.20. The largest absolute Gasteiger partial charge is 0.292 e. The van der Waals surface area contributed by atoms with E-state index in [4.69, 9.17) is 0 Å². The van der Waals surface area contributed by atoms with E-state index in [2.05, 4.69) is 15.4 Å². The molecule has 0 aliphatic carbocycles. The minimum atomic E-state index is -0.580. The second-order valence-electron chi connectivity index (χ2n) is 6.18. The number of nitrogens with one attached hydrogen (secondary N) is 1. The molecule has 1 N–H and O–H groups in total. The van der Waals surface area contributed by atoms with Gasteiger partial charge in [-0.1, -0.05) is 41.5 Å². The molecule has 0 saturated carbocycles. The van der Waals surface area contributed by atoms with Crippen LogP contribution < -0.4 is 0 Å². The fraction of sp³-hybridized carbons (Fsp3) is 0.667. The van der Waals surface area contributed by atoms with Gasteiger partial charge in [-0.05, 0) is 0 Å². The van der Waals surface area contributed by atoms with Crippen LogP contribution in [0.3, 0.4) is 0 Å². The maximum absolute atomic E-state index is 12.1. The minimum Gasteiger partial charge on any atom is -0.292 e. The van der Waals surface area contributed by atoms with Gasteiger partial charge in [-0.15, -0.1) is 0 Å². The van der Waals surface area contributed by atoms with E-state index >= 15 is 0 Å². The van der Waals surface area contributed by atoms with Gasteiger partial charge < -0.3 is 0 Å². The van der Waals surface area contributed by atoms with Crippen molar-refractivity contribution < 1.29 is 9.59 Å². The maximum atomic E-state index is 12.1. The quantitative estimate of drug-likeness (QED) is 0.800. The molecule has 1 aromatic rings. The highest BCUT2D eigenvalue weighted by Gasteiger charge is 2.34. The van der Waals surface area contributed by atoms with Crippen molar-refractivity contribution in [2.75, 3.05) is 0 Å². The van der Waals surface area contributed by atoms with Crippen LogP contribution >= 0.6 is 0 Å². The predicted octanol–water partition coefficient (Wildman–Crippen LogP) is 2.26. The number of aromatic nitrogens is 3. The SMILES string of the molecule is CC(C)(C)C(=O)c1n[nH]nc1C(=O)C(C)(C)C. The second-order valence-corrected chi connectivity index (χ2v) is 6.18. The fourth-order valence-corrected chi connectivity index (χ4v) is 1.26. The number of aromatic amines is 1. The van der Waals surface area contributed by atoms with Gasteiger partial charge in [0.15, 0.2) is 23.0 Å². The highest BCUT2D eigenvalue weighted by atomic mass is 16.1. The van der Waals surface area contributed by atoms with Crippen LogP contribution in [0, 0.1) is 10.8 Å². The zero-order chi connectivity index (χ0) is 13.4. The minimum absolute atomic E-state index is 0.137. The van der Waals surface area contributed by atoms with Crippen molar-refractivity contribution in [3.8, 4) is 0 Å². The standard InChI is InChI=1S/C12H19N3O2/c1-11(2,3)9(16)7-8(14-15-13-7)10(17)12(4,5)6/h1-6H3,(H,13,14,15). The zero-order valence-corrected chi connectivity index (χ0v) is 11.2. The van der Waals surface area contributed by atoms with E-state index < -0.39 is 10.8 Å². The Morgan fingerprint density at radius 3 is 1.35 bits per heavy atom. The molecule has 0 aromatic carbocycles. The van der Waals surface area contributed by atoms with Crippen molar-refractivity contribution >= 4 is 11.6 Å². The van der Waals surface area contributed by atoms with Gasteiger partial charge in [-0.2, -0.15) is 15.4 Å². The molecule has 0 saturated heterocycles. The molecule has 0 amide bonds. The Bertz CT molecular complexity index is 407. The molecule has 1 rings (SSSR count). The molecule has 0 aliphatic heterocycles. The average Bonchev–Trinajstić information content (AvgIpc) is 2.60. The number of hydrogen-bond donors (Lipinski definition) is 1. The van der Waals surface area contributed by atoms with Crippen LogP contribution in [0.1, 0.15) is 62.5 Å². The van der Waals surface area contributed by atoms with Crippen molar-refractivity contribution in [2.24, 2.45) is 10.8 Å². The van der Waals surface area contributed by atoms with Gasteiger partial charge in [0.25, 0.3) is 0 Å². The highest BCUT2D eigenvalue weighted by Crippen LogP contribution is 2.25. The molecule has 0 bridgehead atoms. The Morgan fingerprint density at radius 1 is 0.824 bits per heavy atom. The van der Waals surface area contributed by atoms with Crippen molar-refractivity contribution in [1.82, 2.24) is 15.4 Å². The van der Waals surface area contributed by atoms with Gasteiger partial charge in [-0.3, -0.25) is 9.59 Å². The molecule has 1 aromatic heterocycles. The van der Waals surface area contributed by atoms with Crippen molar-refractivity contribution in [2.45, 2.75) is 41.5 Å². The van der Waals surface area contributed by atoms with Crippen LogP contribution in [-0.2, 0) is 0 Å². The summed E-state index contributed by atoms with van der Waals surface area (Å²) < 4.78 is 0. The molecular formula is C12H19N3O2. The Hall–Kier alpha value is -1.52. The van der Waals surface area contributed by atoms with Gasteiger partial charge in [0, 0.05) is 10.8 Å². The summed E-state index contributed by atoms with van der Waals surface area (Å²) in [6.07, 6.45) is 0. The second kappa shape index (κ2) is 4.05. The van der Waals surface area contributed by atoms with E-state index in [0.717, 1.165) is 0 Å². The van der Waals surface area contributed by atoms with Gasteiger partial charge in [0.2, 0.25) is 0 Å². The molecule has 0 radical (unpaired) electrons. The number of H-pyrrole nitrogens is 1. The smallest absolute Gasteiger partial charge is 0.190 e. The third-order valence-electron chi connectivity index (χ3n) is 2.34. The molecule has 1 heterocycles. The van der Waals surface area contributed by atoms with Crippen LogP contribution in [0.2, 0.25) is 0 Å². The first kappa shape index (κ1) is 13.5. The summed E-state index contributed by atoms with van der Waals surface area (Å²) in [5.41, 5.74) is -0.886. The van der Waals surface area contributed by atoms with Gasteiger partial charge >= 0.3 is 0 Å². The van der Waals surface area contributed by atoms with Crippen molar-refractivity contribution in [3.63, 3.8) is 0 Å². The molecule has 17 heavy (non-hydrogen) atoms. The van der Waals surface area contributed by atoms with E-state index in [1.54, 1.807) is 41.5 Å². The predicted molar refractivity (Wildman–Crippen MR) is 64.0 cm³/mol. The van der Waals surface area contributed by atoms with E-state index in [1.807, 2.05) is 0 Å². The van der Waals surface area contributed by atoms with E-state index in [1.165, 1.54) is 0 Å². The van der Waals surface area contributed by atoms with E-state index in [9.17, 15) is 9.59 Å². The molecule has 0 atom stereocenters. The Labute approximate surface area is 101 Å². The number of hydrogen-bond acceptors (Lipinski definition) is 4. The number of Topliss-reactive ketones (excluding diaryl/α,β-unsaturated/α-hetero) is 2. The Kier molecular flexibility index (Phi) is 3.23. The van der Waals surface area contributed by atoms with Crippen LogP contribution in [0.4, 0.5) is 0 Å². The Morgan fingerprint density at radius 2 is 1.12 bits per heavy atom. The molecule has 5 heteroatoms. The molecule has 94 valence electrons.